The summed E-state index contributed by atoms with van der Waals surface area (Å²) in [6.07, 6.45) is 9.13. The third-order valence-corrected chi connectivity index (χ3v) is 5.12. The van der Waals surface area contributed by atoms with E-state index < -0.39 is 33.7 Å². The van der Waals surface area contributed by atoms with Gasteiger partial charge in [-0.05, 0) is 24.5 Å². The Morgan fingerprint density at radius 3 is 1.83 bits per heavy atom. The molecule has 1 rings (SSSR count). The van der Waals surface area contributed by atoms with Crippen LogP contribution in [0.2, 0.25) is 0 Å². The Morgan fingerprint density at radius 2 is 1.43 bits per heavy atom. The molecular formula is C19H30Na2O8S. The van der Waals surface area contributed by atoms with Crippen LogP contribution in [0.1, 0.15) is 63.9 Å². The van der Waals surface area contributed by atoms with Crippen molar-refractivity contribution in [3.05, 3.63) is 29.8 Å². The van der Waals surface area contributed by atoms with E-state index in [2.05, 4.69) is 6.92 Å². The number of para-hydroxylation sites is 1. The summed E-state index contributed by atoms with van der Waals surface area (Å²) >= 11 is 0. The maximum atomic E-state index is 10.2. The average molecular weight is 464 g/mol. The number of benzene rings is 1. The Morgan fingerprint density at radius 1 is 0.933 bits per heavy atom. The first-order chi connectivity index (χ1) is 13.1. The smallest absolute Gasteiger partial charge is 0.325 e. The van der Waals surface area contributed by atoms with Crippen molar-refractivity contribution in [2.45, 2.75) is 70.0 Å². The molecule has 8 nitrogen and oxygen atoms in total. The van der Waals surface area contributed by atoms with E-state index in [1.165, 1.54) is 44.9 Å². The normalized spacial score (nSPS) is 11.1. The average Bonchev–Trinajstić information content (AvgIpc) is 2.59. The van der Waals surface area contributed by atoms with Gasteiger partial charge in [0.2, 0.25) is 0 Å². The molecule has 0 bridgehead atoms. The third-order valence-electron chi connectivity index (χ3n) is 4.04. The molecule has 11 heteroatoms. The van der Waals surface area contributed by atoms with Crippen LogP contribution in [0.25, 0.3) is 0 Å². The summed E-state index contributed by atoms with van der Waals surface area (Å²) in [7, 11) is -4.84. The van der Waals surface area contributed by atoms with Crippen LogP contribution < -0.4 is 0 Å². The van der Waals surface area contributed by atoms with Crippen LogP contribution in [0.15, 0.2) is 24.3 Å². The van der Waals surface area contributed by atoms with Gasteiger partial charge in [0.05, 0.1) is 6.42 Å². The summed E-state index contributed by atoms with van der Waals surface area (Å²) in [6.45, 7) is 2.25. The van der Waals surface area contributed by atoms with Crippen LogP contribution in [0.4, 0.5) is 0 Å². The summed E-state index contributed by atoms with van der Waals surface area (Å²) in [5.41, 5.74) is 1.09. The molecule has 162 valence electrons. The monoisotopic (exact) mass is 464 g/mol. The van der Waals surface area contributed by atoms with Crippen molar-refractivity contribution >= 4 is 81.2 Å². The molecule has 30 heavy (non-hydrogen) atoms. The number of aliphatic carboxylic acids is 2. The molecule has 2 radical (unpaired) electrons. The number of phenolic OH excluding ortho intramolecular Hbond substituents is 1. The zero-order valence-corrected chi connectivity index (χ0v) is 22.9. The predicted octanol–water partition coefficient (Wildman–Crippen LogP) is 2.73. The van der Waals surface area contributed by atoms with Gasteiger partial charge in [-0.25, -0.2) is 0 Å². The number of unbranched alkanes of at least 4 members (excludes halogenated alkanes) is 6. The zero-order chi connectivity index (χ0) is 21.6. The number of phenols is 1. The molecule has 1 unspecified atom stereocenters. The fourth-order valence-electron chi connectivity index (χ4n) is 2.47. The van der Waals surface area contributed by atoms with E-state index in [9.17, 15) is 23.1 Å². The van der Waals surface area contributed by atoms with Crippen LogP contribution in [0.3, 0.4) is 0 Å². The van der Waals surface area contributed by atoms with Crippen molar-refractivity contribution in [2.75, 3.05) is 0 Å². The predicted molar refractivity (Wildman–Crippen MR) is 117 cm³/mol. The fourth-order valence-corrected chi connectivity index (χ4v) is 3.08. The van der Waals surface area contributed by atoms with Gasteiger partial charge in [0.15, 0.2) is 5.25 Å². The van der Waals surface area contributed by atoms with Crippen molar-refractivity contribution in [3.63, 3.8) is 0 Å². The second-order valence-corrected chi connectivity index (χ2v) is 8.04. The molecule has 0 aliphatic heterocycles. The molecule has 1 aromatic carbocycles. The van der Waals surface area contributed by atoms with Crippen molar-refractivity contribution in [1.29, 1.82) is 0 Å². The van der Waals surface area contributed by atoms with Crippen LogP contribution in [0.5, 0.6) is 5.75 Å². The molecule has 0 spiro atoms. The Balaban J connectivity index is -0.000000474. The largest absolute Gasteiger partial charge is 0.508 e. The van der Waals surface area contributed by atoms with E-state index in [-0.39, 0.29) is 59.1 Å². The first kappa shape index (κ1) is 34.5. The van der Waals surface area contributed by atoms with Gasteiger partial charge < -0.3 is 15.3 Å². The number of carboxylic acid groups (broad SMARTS) is 2. The molecular weight excluding hydrogens is 434 g/mol. The minimum absolute atomic E-state index is 0. The van der Waals surface area contributed by atoms with Gasteiger partial charge in [0.25, 0.3) is 10.1 Å². The number of aromatic hydroxyl groups is 1. The van der Waals surface area contributed by atoms with E-state index in [1.807, 2.05) is 18.2 Å². The van der Waals surface area contributed by atoms with Crippen molar-refractivity contribution < 1.29 is 37.9 Å². The van der Waals surface area contributed by atoms with E-state index in [0.717, 1.165) is 12.0 Å². The van der Waals surface area contributed by atoms with Gasteiger partial charge in [-0.3, -0.25) is 14.1 Å². The van der Waals surface area contributed by atoms with E-state index in [1.54, 1.807) is 6.07 Å². The number of hydrogen-bond acceptors (Lipinski definition) is 5. The van der Waals surface area contributed by atoms with Gasteiger partial charge in [-0.1, -0.05) is 63.6 Å². The van der Waals surface area contributed by atoms with Gasteiger partial charge in [0.1, 0.15) is 5.75 Å². The number of aryl methyl sites for hydroxylation is 1. The van der Waals surface area contributed by atoms with E-state index in [4.69, 9.17) is 14.8 Å². The van der Waals surface area contributed by atoms with Gasteiger partial charge in [0, 0.05) is 59.1 Å². The molecule has 0 amide bonds. The molecule has 1 aromatic rings. The van der Waals surface area contributed by atoms with Crippen molar-refractivity contribution in [1.82, 2.24) is 0 Å². The molecule has 0 fully saturated rings. The van der Waals surface area contributed by atoms with Crippen molar-refractivity contribution in [3.8, 4) is 5.75 Å². The summed E-state index contributed by atoms with van der Waals surface area (Å²) in [6, 6.07) is 7.67. The van der Waals surface area contributed by atoms with Crippen LogP contribution in [-0.4, -0.2) is 105 Å². The number of carboxylic acids is 2. The minimum atomic E-state index is -4.84. The Kier molecular flexibility index (Phi) is 22.5. The molecule has 0 aliphatic carbocycles. The van der Waals surface area contributed by atoms with Crippen LogP contribution in [0, 0.1) is 0 Å². The van der Waals surface area contributed by atoms with Crippen molar-refractivity contribution in [2.24, 2.45) is 0 Å². The van der Waals surface area contributed by atoms with Gasteiger partial charge in [-0.2, -0.15) is 8.42 Å². The van der Waals surface area contributed by atoms with Gasteiger partial charge in [-0.15, -0.1) is 0 Å². The Labute approximate surface area is 222 Å². The Bertz CT molecular complexity index is 710. The number of carbonyl (C=O) groups is 2. The Hall–Kier alpha value is -0.130. The molecule has 0 heterocycles. The molecule has 0 aliphatic rings. The summed E-state index contributed by atoms with van der Waals surface area (Å²) in [5, 5.41) is 23.5. The first-order valence-electron chi connectivity index (χ1n) is 9.27. The second-order valence-electron chi connectivity index (χ2n) is 6.44. The number of rotatable bonds is 12. The standard InChI is InChI=1S/C15H24O.C4H6O7S.2Na/c1-2-3-4-5-6-7-8-11-14-12-9-10-13-15(14)16;5-3(6)1-2(4(7)8)12(9,10)11;;/h9-10,12-13,16H,2-8,11H2,1H3;2H,1H2,(H,5,6)(H,7,8)(H,9,10,11);;. The SMILES string of the molecule is CCCCCCCCCc1ccccc1O.O=C(O)CC(C(=O)O)S(=O)(=O)O.[Na].[Na]. The fraction of sp³-hybridized carbons (Fsp3) is 0.579. The van der Waals surface area contributed by atoms with Gasteiger partial charge >= 0.3 is 11.9 Å². The minimum Gasteiger partial charge on any atom is -0.508 e. The third kappa shape index (κ3) is 17.5. The maximum Gasteiger partial charge on any atom is 0.325 e. The summed E-state index contributed by atoms with van der Waals surface area (Å²) in [5.74, 6) is -3.05. The zero-order valence-electron chi connectivity index (χ0n) is 18.1. The first-order valence-corrected chi connectivity index (χ1v) is 10.8. The molecule has 4 N–H and O–H groups in total. The summed E-state index contributed by atoms with van der Waals surface area (Å²) < 4.78 is 28.7. The molecule has 0 aromatic heterocycles. The quantitative estimate of drug-likeness (QED) is 0.210. The number of hydrogen-bond donors (Lipinski definition) is 4. The molecule has 0 saturated heterocycles. The topological polar surface area (TPSA) is 149 Å². The van der Waals surface area contributed by atoms with E-state index in [0.29, 0.717) is 5.75 Å². The molecule has 1 atom stereocenters. The van der Waals surface area contributed by atoms with Crippen LogP contribution in [-0.2, 0) is 26.1 Å². The maximum absolute atomic E-state index is 10.2. The van der Waals surface area contributed by atoms with E-state index >= 15 is 0 Å². The van der Waals surface area contributed by atoms with Crippen LogP contribution >= 0.6 is 0 Å². The second kappa shape index (κ2) is 19.5. The summed E-state index contributed by atoms with van der Waals surface area (Å²) in [4.78, 5) is 20.0. The molecule has 0 saturated carbocycles.